The van der Waals surface area contributed by atoms with E-state index in [4.69, 9.17) is 10.2 Å². The highest BCUT2D eigenvalue weighted by Crippen LogP contribution is 1.97. The Labute approximate surface area is 76.3 Å². The fourth-order valence-electron chi connectivity index (χ4n) is 0.655. The van der Waals surface area contributed by atoms with Gasteiger partial charge in [0, 0.05) is 6.42 Å². The lowest BCUT2D eigenvalue weighted by atomic mass is 10.2. The third-order valence-electron chi connectivity index (χ3n) is 1.39. The second kappa shape index (κ2) is 6.56. The van der Waals surface area contributed by atoms with Gasteiger partial charge in [-0.1, -0.05) is 0 Å². The van der Waals surface area contributed by atoms with Crippen LogP contribution in [0.5, 0.6) is 0 Å². The molecule has 0 aromatic heterocycles. The lowest BCUT2D eigenvalue weighted by molar-refractivity contribution is -0.154. The van der Waals surface area contributed by atoms with Crippen LogP contribution in [-0.4, -0.2) is 41.3 Å². The lowest BCUT2D eigenvalue weighted by Gasteiger charge is -2.11. The van der Waals surface area contributed by atoms with Crippen LogP contribution in [-0.2, 0) is 14.3 Å². The largest absolute Gasteiger partial charge is 0.457 e. The van der Waals surface area contributed by atoms with Gasteiger partial charge in [0.05, 0.1) is 19.6 Å². The van der Waals surface area contributed by atoms with E-state index >= 15 is 0 Å². The molecule has 0 spiro atoms. The molecule has 2 N–H and O–H groups in total. The van der Waals surface area contributed by atoms with Crippen molar-refractivity contribution in [3.63, 3.8) is 0 Å². The predicted molar refractivity (Wildman–Crippen MR) is 44.0 cm³/mol. The quantitative estimate of drug-likeness (QED) is 0.538. The Hall–Kier alpha value is -0.940. The van der Waals surface area contributed by atoms with Gasteiger partial charge in [-0.05, 0) is 6.92 Å². The van der Waals surface area contributed by atoms with Gasteiger partial charge in [0.15, 0.2) is 0 Å². The van der Waals surface area contributed by atoms with Crippen LogP contribution in [0.1, 0.15) is 19.8 Å². The number of hydrogen-bond acceptors (Lipinski definition) is 5. The molecule has 0 heterocycles. The van der Waals surface area contributed by atoms with Crippen LogP contribution in [0.2, 0.25) is 0 Å². The molecule has 0 bridgehead atoms. The fourth-order valence-corrected chi connectivity index (χ4v) is 0.655. The van der Waals surface area contributed by atoms with Crippen molar-refractivity contribution in [3.05, 3.63) is 0 Å². The van der Waals surface area contributed by atoms with Gasteiger partial charge >= 0.3 is 5.97 Å². The zero-order chi connectivity index (χ0) is 10.3. The highest BCUT2D eigenvalue weighted by Gasteiger charge is 2.12. The van der Waals surface area contributed by atoms with Crippen LogP contribution in [0.15, 0.2) is 0 Å². The molecule has 13 heavy (non-hydrogen) atoms. The van der Waals surface area contributed by atoms with Crippen LogP contribution in [0.25, 0.3) is 0 Å². The molecule has 0 radical (unpaired) electrons. The molecule has 0 saturated carbocycles. The number of esters is 1. The Bertz CT molecular complexity index is 173. The SMILES string of the molecule is CC(=O)CCC(=O)OC(CO)CO. The number of Topliss-reactive ketones (excluding diaryl/α,β-unsaturated/α-hetero) is 1. The third kappa shape index (κ3) is 6.24. The average Bonchev–Trinajstić information content (AvgIpc) is 2.10. The van der Waals surface area contributed by atoms with Crippen molar-refractivity contribution < 1.29 is 24.5 Å². The van der Waals surface area contributed by atoms with E-state index in [9.17, 15) is 9.59 Å². The maximum Gasteiger partial charge on any atom is 0.306 e. The molecule has 5 nitrogen and oxygen atoms in total. The van der Waals surface area contributed by atoms with E-state index in [0.717, 1.165) is 0 Å². The normalized spacial score (nSPS) is 10.2. The number of carbonyl (C=O) groups is 2. The standard InChI is InChI=1S/C8H14O5/c1-6(11)2-3-8(12)13-7(4-9)5-10/h7,9-10H,2-5H2,1H3. The maximum atomic E-state index is 10.9. The second-order valence-corrected chi connectivity index (χ2v) is 2.68. The van der Waals surface area contributed by atoms with Crippen molar-refractivity contribution in [2.24, 2.45) is 0 Å². The van der Waals surface area contributed by atoms with Crippen LogP contribution >= 0.6 is 0 Å². The molecule has 0 atom stereocenters. The summed E-state index contributed by atoms with van der Waals surface area (Å²) in [5.41, 5.74) is 0. The first-order valence-electron chi connectivity index (χ1n) is 4.00. The van der Waals surface area contributed by atoms with E-state index in [1.165, 1.54) is 6.92 Å². The average molecular weight is 190 g/mol. The minimum atomic E-state index is -0.876. The molecule has 76 valence electrons. The smallest absolute Gasteiger partial charge is 0.306 e. The van der Waals surface area contributed by atoms with Gasteiger partial charge < -0.3 is 19.7 Å². The number of hydrogen-bond donors (Lipinski definition) is 2. The van der Waals surface area contributed by atoms with Crippen LogP contribution in [0.3, 0.4) is 0 Å². The first kappa shape index (κ1) is 12.1. The molecule has 5 heteroatoms. The Morgan fingerprint density at radius 1 is 1.23 bits per heavy atom. The van der Waals surface area contributed by atoms with Crippen LogP contribution < -0.4 is 0 Å². The van der Waals surface area contributed by atoms with E-state index in [1.807, 2.05) is 0 Å². The summed E-state index contributed by atoms with van der Waals surface area (Å²) in [4.78, 5) is 21.3. The molecule has 0 rings (SSSR count). The zero-order valence-corrected chi connectivity index (χ0v) is 7.52. The molecule has 0 saturated heterocycles. The van der Waals surface area contributed by atoms with Gasteiger partial charge in [0.1, 0.15) is 11.9 Å². The summed E-state index contributed by atoms with van der Waals surface area (Å²) < 4.78 is 4.61. The highest BCUT2D eigenvalue weighted by atomic mass is 16.6. The van der Waals surface area contributed by atoms with Crippen molar-refractivity contribution in [2.75, 3.05) is 13.2 Å². The molecule has 0 unspecified atom stereocenters. The van der Waals surface area contributed by atoms with E-state index in [0.29, 0.717) is 0 Å². The van der Waals surface area contributed by atoms with Crippen LogP contribution in [0.4, 0.5) is 0 Å². The number of aliphatic hydroxyl groups excluding tert-OH is 2. The third-order valence-corrected chi connectivity index (χ3v) is 1.39. The summed E-state index contributed by atoms with van der Waals surface area (Å²) in [6.45, 7) is 0.549. The molecular weight excluding hydrogens is 176 g/mol. The van der Waals surface area contributed by atoms with E-state index in [-0.39, 0.29) is 18.6 Å². The Balaban J connectivity index is 3.66. The number of rotatable bonds is 6. The van der Waals surface area contributed by atoms with Gasteiger partial charge in [0.25, 0.3) is 0 Å². The van der Waals surface area contributed by atoms with E-state index < -0.39 is 25.3 Å². The van der Waals surface area contributed by atoms with Crippen molar-refractivity contribution in [2.45, 2.75) is 25.9 Å². The molecule has 0 aliphatic carbocycles. The molecular formula is C8H14O5. The Kier molecular flexibility index (Phi) is 6.09. The number of ketones is 1. The first-order chi connectivity index (χ1) is 6.10. The molecule has 0 aromatic carbocycles. The zero-order valence-electron chi connectivity index (χ0n) is 7.52. The molecule has 0 fully saturated rings. The van der Waals surface area contributed by atoms with Gasteiger partial charge in [-0.15, -0.1) is 0 Å². The minimum absolute atomic E-state index is 0.00810. The minimum Gasteiger partial charge on any atom is -0.457 e. The summed E-state index contributed by atoms with van der Waals surface area (Å²) in [6, 6.07) is 0. The summed E-state index contributed by atoms with van der Waals surface area (Å²) >= 11 is 0. The summed E-state index contributed by atoms with van der Waals surface area (Å²) in [7, 11) is 0. The van der Waals surface area contributed by atoms with Gasteiger partial charge in [-0.2, -0.15) is 0 Å². The van der Waals surface area contributed by atoms with Crippen molar-refractivity contribution in [3.8, 4) is 0 Å². The lowest BCUT2D eigenvalue weighted by Crippen LogP contribution is -2.25. The van der Waals surface area contributed by atoms with E-state index in [2.05, 4.69) is 4.74 Å². The monoisotopic (exact) mass is 190 g/mol. The molecule has 0 amide bonds. The topological polar surface area (TPSA) is 83.8 Å². The van der Waals surface area contributed by atoms with Crippen LogP contribution in [0, 0.1) is 0 Å². The van der Waals surface area contributed by atoms with Crippen molar-refractivity contribution in [1.82, 2.24) is 0 Å². The van der Waals surface area contributed by atoms with Gasteiger partial charge in [-0.25, -0.2) is 0 Å². The van der Waals surface area contributed by atoms with E-state index in [1.54, 1.807) is 0 Å². The van der Waals surface area contributed by atoms with Gasteiger partial charge in [-0.3, -0.25) is 4.79 Å². The summed E-state index contributed by atoms with van der Waals surface area (Å²) in [5, 5.41) is 17.1. The Morgan fingerprint density at radius 3 is 2.15 bits per heavy atom. The fraction of sp³-hybridized carbons (Fsp3) is 0.750. The molecule has 0 aliphatic rings. The summed E-state index contributed by atoms with van der Waals surface area (Å²) in [5.74, 6) is -0.676. The number of carbonyl (C=O) groups excluding carboxylic acids is 2. The van der Waals surface area contributed by atoms with Crippen molar-refractivity contribution in [1.29, 1.82) is 0 Å². The number of aliphatic hydroxyl groups is 2. The number of ether oxygens (including phenoxy) is 1. The van der Waals surface area contributed by atoms with Crippen molar-refractivity contribution >= 4 is 11.8 Å². The molecule has 0 aromatic rings. The highest BCUT2D eigenvalue weighted by molar-refractivity contribution is 5.81. The predicted octanol–water partition coefficient (Wildman–Crippen LogP) is -0.748. The molecule has 0 aliphatic heterocycles. The van der Waals surface area contributed by atoms with Gasteiger partial charge in [0.2, 0.25) is 0 Å². The summed E-state index contributed by atoms with van der Waals surface area (Å²) in [6.07, 6.45) is -0.756. The second-order valence-electron chi connectivity index (χ2n) is 2.68. The Morgan fingerprint density at radius 2 is 1.77 bits per heavy atom. The first-order valence-corrected chi connectivity index (χ1v) is 4.00. The maximum absolute atomic E-state index is 10.9.